The zero-order valence-corrected chi connectivity index (χ0v) is 41.0. The third-order valence-corrected chi connectivity index (χ3v) is 15.2. The molecule has 3 nitrogen and oxygen atoms in total. The maximum atomic E-state index is 8.80. The summed E-state index contributed by atoms with van der Waals surface area (Å²) in [6, 6.07) is 51.4. The molecule has 0 N–H and O–H groups in total. The summed E-state index contributed by atoms with van der Waals surface area (Å²) in [7, 11) is 0. The molecule has 0 saturated carbocycles. The van der Waals surface area contributed by atoms with Gasteiger partial charge in [0.2, 0.25) is 0 Å². The van der Waals surface area contributed by atoms with E-state index in [1.54, 1.807) is 12.1 Å². The van der Waals surface area contributed by atoms with Gasteiger partial charge in [0.1, 0.15) is 5.58 Å². The Morgan fingerprint density at radius 2 is 1.52 bits per heavy atom. The second-order valence-corrected chi connectivity index (χ2v) is 29.4. The minimum Gasteiger partial charge on any atom is 0 e. The van der Waals surface area contributed by atoms with Gasteiger partial charge >= 0.3 is 145 Å². The van der Waals surface area contributed by atoms with Crippen LogP contribution in [0.3, 0.4) is 0 Å². The second-order valence-electron chi connectivity index (χ2n) is 18.8. The molecule has 61 heavy (non-hydrogen) atoms. The molecule has 0 aliphatic carbocycles. The van der Waals surface area contributed by atoms with Crippen LogP contribution in [0, 0.1) is 24.4 Å². The summed E-state index contributed by atoms with van der Waals surface area (Å²) in [5.74, 6) is 6.65. The van der Waals surface area contributed by atoms with E-state index in [1.807, 2.05) is 51.2 Å². The quantitative estimate of drug-likeness (QED) is 0.123. The van der Waals surface area contributed by atoms with Crippen molar-refractivity contribution in [2.45, 2.75) is 83.4 Å². The van der Waals surface area contributed by atoms with Gasteiger partial charge in [-0.15, -0.1) is 18.2 Å². The molecule has 8 aromatic rings. The van der Waals surface area contributed by atoms with E-state index in [-0.39, 0.29) is 37.0 Å². The first-order valence-corrected chi connectivity index (χ1v) is 28.1. The first-order valence-electron chi connectivity index (χ1n) is 23.3. The molecular formula is C56H56GeIrN2O-2. The van der Waals surface area contributed by atoms with Crippen LogP contribution in [-0.2, 0) is 31.9 Å². The van der Waals surface area contributed by atoms with Crippen molar-refractivity contribution in [1.29, 1.82) is 0 Å². The first kappa shape index (κ1) is 37.9. The molecule has 9 rings (SSSR count). The number of furan rings is 1. The number of fused-ring (bicyclic) bond motifs is 4. The fraction of sp³-hybridized carbons (Fsp3) is 0.250. The second kappa shape index (κ2) is 17.5. The number of aliphatic imine (C=N–C) groups is 1. The minimum absolute atomic E-state index is 0. The van der Waals surface area contributed by atoms with Gasteiger partial charge in [-0.3, -0.25) is 4.99 Å². The van der Waals surface area contributed by atoms with E-state index < -0.39 is 31.9 Å². The van der Waals surface area contributed by atoms with Gasteiger partial charge in [-0.2, -0.15) is 0 Å². The first-order chi connectivity index (χ1) is 30.6. The Kier molecular flexibility index (Phi) is 10.8. The van der Waals surface area contributed by atoms with E-state index in [9.17, 15) is 0 Å². The predicted octanol–water partition coefficient (Wildman–Crippen LogP) is 14.6. The molecule has 5 heteroatoms. The number of aromatic nitrogens is 1. The Hall–Kier alpha value is -4.87. The molecule has 3 heterocycles. The number of aryl methyl sites for hydroxylation is 1. The van der Waals surface area contributed by atoms with Crippen molar-refractivity contribution in [1.82, 2.24) is 4.98 Å². The molecule has 1 radical (unpaired) electrons. The van der Waals surface area contributed by atoms with Gasteiger partial charge in [0.15, 0.2) is 0 Å². The van der Waals surface area contributed by atoms with Crippen LogP contribution in [0.2, 0.25) is 17.3 Å². The van der Waals surface area contributed by atoms with E-state index in [2.05, 4.69) is 146 Å². The van der Waals surface area contributed by atoms with Crippen molar-refractivity contribution >= 4 is 51.0 Å². The Morgan fingerprint density at radius 3 is 2.23 bits per heavy atom. The molecule has 1 aliphatic rings. The van der Waals surface area contributed by atoms with Crippen LogP contribution in [-0.4, -0.2) is 24.0 Å². The number of nitrogens with zero attached hydrogens (tertiary/aromatic N) is 2. The fourth-order valence-corrected chi connectivity index (χ4v) is 11.2. The molecule has 2 aromatic heterocycles. The van der Waals surface area contributed by atoms with Crippen LogP contribution in [0.4, 0.5) is 5.69 Å². The molecule has 1 atom stereocenters. The standard InChI is InChI=1S/C36H28NO.C20H28GeN.Ir/c1-36(2,3)29-20-12-17-24(23-13-5-4-6-14-23)32(29)33-27-16-7-9-21-30(27)37-34(33)28-19-11-18-26-25-15-8-10-22-31(25)38-35(26)28;1-15-8-10-16(11-9-15)19-12-17(13-20(2,3)4)18(14-22-19)21(5,6)7;/h4-18,20-22,33H,1-3H3;8-10,12,14H,13H2,1-7H3;/q2*-1;/i;1D3,13D2;. The molecule has 6 aromatic carbocycles. The van der Waals surface area contributed by atoms with Crippen molar-refractivity contribution in [3.63, 3.8) is 0 Å². The van der Waals surface area contributed by atoms with Gasteiger partial charge in [-0.1, -0.05) is 117 Å². The monoisotopic (exact) mass is 1040 g/mol. The fourth-order valence-electron chi connectivity index (χ4n) is 8.24. The van der Waals surface area contributed by atoms with Gasteiger partial charge in [0, 0.05) is 31.4 Å². The molecule has 0 spiro atoms. The third-order valence-electron chi connectivity index (χ3n) is 11.0. The van der Waals surface area contributed by atoms with Gasteiger partial charge in [-0.25, -0.2) is 0 Å². The molecule has 0 saturated heterocycles. The van der Waals surface area contributed by atoms with Gasteiger partial charge in [-0.05, 0) is 51.1 Å². The van der Waals surface area contributed by atoms with E-state index in [4.69, 9.17) is 16.3 Å². The largest absolute Gasteiger partial charge is 0 e. The number of hydrogen-bond donors (Lipinski definition) is 0. The molecular weight excluding hydrogens is 981 g/mol. The molecule has 311 valence electrons. The average Bonchev–Trinajstić information content (AvgIpc) is 3.84. The van der Waals surface area contributed by atoms with E-state index in [0.29, 0.717) is 16.8 Å². The van der Waals surface area contributed by atoms with Crippen molar-refractivity contribution in [3.05, 3.63) is 185 Å². The predicted molar refractivity (Wildman–Crippen MR) is 257 cm³/mol. The normalized spacial score (nSPS) is 15.6. The smallest absolute Gasteiger partial charge is 0 e. The van der Waals surface area contributed by atoms with Crippen molar-refractivity contribution in [3.8, 4) is 22.4 Å². The topological polar surface area (TPSA) is 38.4 Å². The molecule has 0 fully saturated rings. The third kappa shape index (κ3) is 9.33. The van der Waals surface area contributed by atoms with Gasteiger partial charge < -0.3 is 4.42 Å². The summed E-state index contributed by atoms with van der Waals surface area (Å²) >= 11 is -2.36. The molecule has 1 aliphatic heterocycles. The number of hydrogen-bond acceptors (Lipinski definition) is 3. The van der Waals surface area contributed by atoms with Crippen LogP contribution in [0.1, 0.15) is 87.7 Å². The Bertz CT molecular complexity index is 3060. The zero-order valence-electron chi connectivity index (χ0n) is 41.5. The molecule has 0 amide bonds. The van der Waals surface area contributed by atoms with Crippen LogP contribution in [0.15, 0.2) is 149 Å². The zero-order chi connectivity index (χ0) is 46.7. The van der Waals surface area contributed by atoms with Crippen molar-refractivity contribution in [2.24, 2.45) is 10.4 Å². The van der Waals surface area contributed by atoms with Crippen LogP contribution < -0.4 is 4.40 Å². The summed E-state index contributed by atoms with van der Waals surface area (Å²) in [6.45, 7) is 10.4. The van der Waals surface area contributed by atoms with Gasteiger partial charge in [0.05, 0.1) is 11.3 Å². The Labute approximate surface area is 386 Å². The number of pyridine rings is 1. The van der Waals surface area contributed by atoms with E-state index >= 15 is 0 Å². The summed E-state index contributed by atoms with van der Waals surface area (Å²) in [5, 5.41) is 2.21. The summed E-state index contributed by atoms with van der Waals surface area (Å²) in [5.41, 5.74) is 12.6. The SMILES string of the molecule is CC(C)(C)c1cccc(-c2ccccc2)c1C1C(c2[c-]ccc3c2oc2ccccc23)=Nc2ccccc21.[2H]C([2H])([2H])c1c[c-]c(-c2cc(C([2H])([2H])C(C)(C)C)[c]([Ge]([CH3])([CH3])[CH3])cn2)cc1.[Ir]. The van der Waals surface area contributed by atoms with Crippen LogP contribution in [0.25, 0.3) is 44.3 Å². The number of para-hydroxylation sites is 2. The van der Waals surface area contributed by atoms with E-state index in [0.717, 1.165) is 43.3 Å². The molecule has 0 bridgehead atoms. The van der Waals surface area contributed by atoms with Crippen LogP contribution >= 0.6 is 0 Å². The van der Waals surface area contributed by atoms with E-state index in [1.165, 1.54) is 33.9 Å². The summed E-state index contributed by atoms with van der Waals surface area (Å²) in [4.78, 5) is 9.86. The summed E-state index contributed by atoms with van der Waals surface area (Å²) in [6.07, 6.45) is 0.303. The Balaban J connectivity index is 0.000000206. The van der Waals surface area contributed by atoms with Crippen LogP contribution in [0.5, 0.6) is 0 Å². The Morgan fingerprint density at radius 1 is 0.787 bits per heavy atom. The van der Waals surface area contributed by atoms with Crippen molar-refractivity contribution < 1.29 is 31.4 Å². The average molecular weight is 1040 g/mol. The maximum absolute atomic E-state index is 8.80. The summed E-state index contributed by atoms with van der Waals surface area (Å²) < 4.78 is 47.6. The van der Waals surface area contributed by atoms with Crippen molar-refractivity contribution in [2.75, 3.05) is 0 Å². The van der Waals surface area contributed by atoms with Gasteiger partial charge in [0.25, 0.3) is 0 Å². The maximum Gasteiger partial charge on any atom is 0 e. The number of benzene rings is 6. The number of rotatable bonds is 6. The minimum atomic E-state index is -2.36. The molecule has 1 unspecified atom stereocenters.